The molecule has 2 aromatic heterocycles. The smallest absolute Gasteiger partial charge is 0.416 e. The number of benzene rings is 2. The molecule has 0 spiro atoms. The maximum Gasteiger partial charge on any atom is 0.416 e. The van der Waals surface area contributed by atoms with Crippen LogP contribution in [0.5, 0.6) is 11.5 Å². The summed E-state index contributed by atoms with van der Waals surface area (Å²) in [6, 6.07) is 11.4. The molecule has 0 aliphatic heterocycles. The third kappa shape index (κ3) is 5.98. The number of carbonyl (C=O) groups excluding carboxylic acids is 2. The summed E-state index contributed by atoms with van der Waals surface area (Å²) in [5, 5.41) is 11.4. The zero-order chi connectivity index (χ0) is 27.3. The molecule has 0 fully saturated rings. The minimum absolute atomic E-state index is 0.118. The molecule has 0 bridgehead atoms. The summed E-state index contributed by atoms with van der Waals surface area (Å²) >= 11 is 0. The van der Waals surface area contributed by atoms with Crippen LogP contribution in [0.15, 0.2) is 73.4 Å². The number of rotatable bonds is 7. The van der Waals surface area contributed by atoms with Crippen molar-refractivity contribution in [3.63, 3.8) is 0 Å². The lowest BCUT2D eigenvalue weighted by Gasteiger charge is -2.15. The minimum atomic E-state index is -4.60. The van der Waals surface area contributed by atoms with E-state index >= 15 is 0 Å². The molecule has 11 nitrogen and oxygen atoms in total. The number of halogens is 3. The number of hydrogen-bond donors (Lipinski definition) is 3. The Balaban J connectivity index is 1.47. The van der Waals surface area contributed by atoms with Crippen LogP contribution in [0, 0.1) is 0 Å². The molecule has 0 aliphatic rings. The first-order valence-electron chi connectivity index (χ1n) is 10.9. The molecular weight excluding hydrogens is 507 g/mol. The van der Waals surface area contributed by atoms with Crippen molar-refractivity contribution in [3.05, 3.63) is 84.7 Å². The Bertz CT molecular complexity index is 1440. The molecule has 0 radical (unpaired) electrons. The molecule has 4 aromatic rings. The maximum atomic E-state index is 13.2. The van der Waals surface area contributed by atoms with Crippen molar-refractivity contribution in [1.29, 1.82) is 0 Å². The summed E-state index contributed by atoms with van der Waals surface area (Å²) in [7, 11) is 2.90. The summed E-state index contributed by atoms with van der Waals surface area (Å²) in [5.74, 6) is 0.386. The standard InChI is InChI=1S/C24H20F3N7O4/c1-28-22(35)21-12-18(9-10-34(21)37-2)38-17-6-4-16(5-7-17)31-23(36)32-19-11-15(24(25,26)27)3-8-20(19)33-14-29-13-30-33/h3-14H,1-2H3,(H2-,28,31,32,35,36)/p+1. The van der Waals surface area contributed by atoms with Gasteiger partial charge in [0.1, 0.15) is 31.3 Å². The van der Waals surface area contributed by atoms with E-state index in [1.54, 1.807) is 18.2 Å². The first-order chi connectivity index (χ1) is 18.2. The van der Waals surface area contributed by atoms with Gasteiger partial charge in [0.05, 0.1) is 23.0 Å². The highest BCUT2D eigenvalue weighted by molar-refractivity contribution is 6.01. The average Bonchev–Trinajstić information content (AvgIpc) is 3.43. The van der Waals surface area contributed by atoms with Crippen LogP contribution in [-0.4, -0.2) is 40.9 Å². The van der Waals surface area contributed by atoms with Crippen molar-refractivity contribution in [1.82, 2.24) is 20.1 Å². The number of aromatic nitrogens is 4. The Kier molecular flexibility index (Phi) is 7.41. The van der Waals surface area contributed by atoms with E-state index in [0.717, 1.165) is 12.1 Å². The van der Waals surface area contributed by atoms with E-state index < -0.39 is 17.8 Å². The van der Waals surface area contributed by atoms with Gasteiger partial charge in [0.15, 0.2) is 0 Å². The third-order valence-corrected chi connectivity index (χ3v) is 5.13. The molecule has 4 rings (SSSR count). The summed E-state index contributed by atoms with van der Waals surface area (Å²) in [4.78, 5) is 33.5. The molecule has 3 amide bonds. The van der Waals surface area contributed by atoms with Gasteiger partial charge in [-0.05, 0) is 42.5 Å². The Labute approximate surface area is 213 Å². The van der Waals surface area contributed by atoms with Crippen molar-refractivity contribution >= 4 is 23.3 Å². The number of nitrogens with zero attached hydrogens (tertiary/aromatic N) is 4. The molecule has 0 unspecified atom stereocenters. The van der Waals surface area contributed by atoms with Gasteiger partial charge in [-0.2, -0.15) is 18.3 Å². The van der Waals surface area contributed by atoms with Crippen LogP contribution >= 0.6 is 0 Å². The Morgan fingerprint density at radius 2 is 1.76 bits per heavy atom. The van der Waals surface area contributed by atoms with E-state index in [-0.39, 0.29) is 23.0 Å². The van der Waals surface area contributed by atoms with Gasteiger partial charge < -0.3 is 20.7 Å². The predicted octanol–water partition coefficient (Wildman–Crippen LogP) is 3.43. The van der Waals surface area contributed by atoms with Gasteiger partial charge in [-0.3, -0.25) is 9.63 Å². The quantitative estimate of drug-likeness (QED) is 0.316. The van der Waals surface area contributed by atoms with Gasteiger partial charge in [-0.25, -0.2) is 14.5 Å². The molecule has 0 atom stereocenters. The number of carbonyl (C=O) groups is 2. The molecule has 2 aromatic carbocycles. The van der Waals surface area contributed by atoms with Crippen molar-refractivity contribution in [3.8, 4) is 17.2 Å². The van der Waals surface area contributed by atoms with Gasteiger partial charge in [0.25, 0.3) is 0 Å². The number of urea groups is 1. The largest absolute Gasteiger partial charge is 0.457 e. The third-order valence-electron chi connectivity index (χ3n) is 5.13. The number of nitrogens with one attached hydrogen (secondary N) is 3. The number of pyridine rings is 1. The SMILES string of the molecule is CNC(=O)c1cc(Oc2ccc(NC(=O)Nc3cc(C(F)(F)F)ccc3-n3cncn3)cc2)cc[n+]1OC. The highest BCUT2D eigenvalue weighted by Gasteiger charge is 2.31. The summed E-state index contributed by atoms with van der Waals surface area (Å²) in [6.45, 7) is 0. The van der Waals surface area contributed by atoms with Crippen LogP contribution in [0.4, 0.5) is 29.3 Å². The minimum Gasteiger partial charge on any atom is -0.457 e. The van der Waals surface area contributed by atoms with Crippen molar-refractivity contribution in [2.24, 2.45) is 0 Å². The predicted molar refractivity (Wildman–Crippen MR) is 128 cm³/mol. The maximum absolute atomic E-state index is 13.2. The molecule has 0 saturated carbocycles. The monoisotopic (exact) mass is 528 g/mol. The lowest BCUT2D eigenvalue weighted by atomic mass is 10.1. The molecule has 3 N–H and O–H groups in total. The summed E-state index contributed by atoms with van der Waals surface area (Å²) < 4.78 is 48.0. The fourth-order valence-electron chi connectivity index (χ4n) is 3.36. The van der Waals surface area contributed by atoms with E-state index in [1.807, 2.05) is 0 Å². The molecule has 2 heterocycles. The van der Waals surface area contributed by atoms with Crippen LogP contribution in [-0.2, 0) is 6.18 Å². The van der Waals surface area contributed by atoms with Crippen LogP contribution in [0.3, 0.4) is 0 Å². The van der Waals surface area contributed by atoms with Crippen molar-refractivity contribution in [2.45, 2.75) is 6.18 Å². The average molecular weight is 528 g/mol. The second-order valence-corrected chi connectivity index (χ2v) is 7.61. The summed E-state index contributed by atoms with van der Waals surface area (Å²) in [6.07, 6.45) is -0.576. The van der Waals surface area contributed by atoms with Gasteiger partial charge in [-0.15, -0.1) is 0 Å². The van der Waals surface area contributed by atoms with Crippen LogP contribution < -0.4 is 30.3 Å². The van der Waals surface area contributed by atoms with Crippen LogP contribution in [0.1, 0.15) is 16.1 Å². The van der Waals surface area contributed by atoms with Crippen LogP contribution in [0.2, 0.25) is 0 Å². The van der Waals surface area contributed by atoms with E-state index in [0.29, 0.717) is 17.2 Å². The Hall–Kier alpha value is -5.14. The highest BCUT2D eigenvalue weighted by Crippen LogP contribution is 2.33. The van der Waals surface area contributed by atoms with Gasteiger partial charge in [0.2, 0.25) is 6.20 Å². The first-order valence-corrected chi connectivity index (χ1v) is 10.9. The molecule has 0 aliphatic carbocycles. The number of hydrogen-bond acceptors (Lipinski definition) is 6. The van der Waals surface area contributed by atoms with Crippen molar-refractivity contribution < 1.29 is 37.1 Å². The molecule has 0 saturated heterocycles. The van der Waals surface area contributed by atoms with Crippen molar-refractivity contribution in [2.75, 3.05) is 24.8 Å². The lowest BCUT2D eigenvalue weighted by molar-refractivity contribution is -0.886. The van der Waals surface area contributed by atoms with Gasteiger partial charge in [0, 0.05) is 23.5 Å². The van der Waals surface area contributed by atoms with E-state index in [4.69, 9.17) is 9.57 Å². The van der Waals surface area contributed by atoms with Gasteiger partial charge in [-0.1, -0.05) is 0 Å². The van der Waals surface area contributed by atoms with E-state index in [2.05, 4.69) is 26.0 Å². The Morgan fingerprint density at radius 1 is 1.00 bits per heavy atom. The molecule has 14 heteroatoms. The van der Waals surface area contributed by atoms with E-state index in [9.17, 15) is 22.8 Å². The molecule has 38 heavy (non-hydrogen) atoms. The first kappa shape index (κ1) is 25.9. The second kappa shape index (κ2) is 10.9. The van der Waals surface area contributed by atoms with E-state index in [1.165, 1.54) is 66.7 Å². The summed E-state index contributed by atoms with van der Waals surface area (Å²) in [5.41, 5.74) is -0.298. The highest BCUT2D eigenvalue weighted by atomic mass is 19.4. The molecular formula is C24H21F3N7O4+. The number of alkyl halides is 3. The number of ether oxygens (including phenoxy) is 1. The topological polar surface area (TPSA) is 123 Å². The van der Waals surface area contributed by atoms with Crippen LogP contribution in [0.25, 0.3) is 5.69 Å². The fraction of sp³-hybridized carbons (Fsp3) is 0.125. The number of amides is 3. The fourth-order valence-corrected chi connectivity index (χ4v) is 3.36. The normalized spacial score (nSPS) is 11.0. The zero-order valence-electron chi connectivity index (χ0n) is 20.0. The lowest BCUT2D eigenvalue weighted by Crippen LogP contribution is -2.47. The zero-order valence-corrected chi connectivity index (χ0v) is 20.0. The van der Waals surface area contributed by atoms with Gasteiger partial charge >= 0.3 is 23.8 Å². The Morgan fingerprint density at radius 3 is 2.39 bits per heavy atom. The second-order valence-electron chi connectivity index (χ2n) is 7.61. The molecule has 196 valence electrons. The number of anilines is 2.